The Kier molecular flexibility index (Phi) is 2.78. The smallest absolute Gasteiger partial charge is 0.121 e. The second kappa shape index (κ2) is 3.48. The van der Waals surface area contributed by atoms with Gasteiger partial charge in [0.25, 0.3) is 0 Å². The molecule has 0 spiro atoms. The molecule has 0 saturated carbocycles. The molecule has 0 radical (unpaired) electrons. The van der Waals surface area contributed by atoms with Crippen molar-refractivity contribution in [2.24, 2.45) is 0 Å². The van der Waals surface area contributed by atoms with Crippen LogP contribution in [0.4, 0.5) is 0 Å². The molecule has 1 N–H and O–H groups in total. The van der Waals surface area contributed by atoms with E-state index in [4.69, 9.17) is 0 Å². The lowest BCUT2D eigenvalue weighted by Crippen LogP contribution is -1.92. The van der Waals surface area contributed by atoms with Gasteiger partial charge in [0.15, 0.2) is 0 Å². The molecule has 0 unspecified atom stereocenters. The van der Waals surface area contributed by atoms with Crippen LogP contribution in [0.3, 0.4) is 0 Å². The van der Waals surface area contributed by atoms with Crippen LogP contribution in [0, 0.1) is 20.8 Å². The van der Waals surface area contributed by atoms with E-state index in [1.54, 1.807) is 0 Å². The molecule has 66 valence electrons. The Bertz CT molecular complexity index is 305. The minimum Gasteiger partial charge on any atom is -0.507 e. The largest absolute Gasteiger partial charge is 0.507 e. The molecule has 0 heterocycles. The number of phenols is 1. The molecule has 0 amide bonds. The highest BCUT2D eigenvalue weighted by atomic mass is 79.9. The van der Waals surface area contributed by atoms with Gasteiger partial charge >= 0.3 is 0 Å². The molecule has 0 fully saturated rings. The number of aromatic hydroxyl groups is 1. The topological polar surface area (TPSA) is 20.2 Å². The second-order valence-corrected chi connectivity index (χ2v) is 3.65. The van der Waals surface area contributed by atoms with Crippen molar-refractivity contribution in [2.75, 3.05) is 0 Å². The maximum Gasteiger partial charge on any atom is 0.121 e. The molecule has 0 aliphatic heterocycles. The van der Waals surface area contributed by atoms with E-state index in [-0.39, 0.29) is 0 Å². The zero-order valence-corrected chi connectivity index (χ0v) is 9.20. The van der Waals surface area contributed by atoms with Crippen LogP contribution in [0.15, 0.2) is 6.07 Å². The molecule has 1 aromatic rings. The highest BCUT2D eigenvalue weighted by molar-refractivity contribution is 9.08. The summed E-state index contributed by atoms with van der Waals surface area (Å²) >= 11 is 3.42. The number of phenolic OH excluding ortho intramolecular Hbond substituents is 1. The fourth-order valence-electron chi connectivity index (χ4n) is 1.29. The van der Waals surface area contributed by atoms with Gasteiger partial charge in [-0.2, -0.15) is 0 Å². The van der Waals surface area contributed by atoms with Crippen molar-refractivity contribution < 1.29 is 5.11 Å². The van der Waals surface area contributed by atoms with Gasteiger partial charge in [-0.1, -0.05) is 22.0 Å². The summed E-state index contributed by atoms with van der Waals surface area (Å²) in [6, 6.07) is 2.02. The van der Waals surface area contributed by atoms with Crippen molar-refractivity contribution in [3.05, 3.63) is 28.3 Å². The normalized spacial score (nSPS) is 10.3. The van der Waals surface area contributed by atoms with E-state index >= 15 is 0 Å². The van der Waals surface area contributed by atoms with E-state index in [1.807, 2.05) is 26.8 Å². The van der Waals surface area contributed by atoms with E-state index < -0.39 is 0 Å². The van der Waals surface area contributed by atoms with Gasteiger partial charge in [0.1, 0.15) is 5.75 Å². The quantitative estimate of drug-likeness (QED) is 0.733. The van der Waals surface area contributed by atoms with Crippen LogP contribution in [0.1, 0.15) is 22.3 Å². The molecule has 0 atom stereocenters. The summed E-state index contributed by atoms with van der Waals surface area (Å²) in [5, 5.41) is 10.4. The minimum atomic E-state index is 0.428. The minimum absolute atomic E-state index is 0.428. The van der Waals surface area contributed by atoms with Crippen LogP contribution in [0.2, 0.25) is 0 Å². The monoisotopic (exact) mass is 228 g/mol. The maximum absolute atomic E-state index is 9.59. The predicted octanol–water partition coefficient (Wildman–Crippen LogP) is 3.21. The molecular weight excluding hydrogens is 216 g/mol. The van der Waals surface area contributed by atoms with E-state index in [1.165, 1.54) is 11.1 Å². The molecule has 1 aromatic carbocycles. The molecule has 2 heteroatoms. The van der Waals surface area contributed by atoms with E-state index in [2.05, 4.69) is 15.9 Å². The highest BCUT2D eigenvalue weighted by Crippen LogP contribution is 2.28. The number of benzene rings is 1. The third-order valence-corrected chi connectivity index (χ3v) is 2.91. The molecule has 12 heavy (non-hydrogen) atoms. The van der Waals surface area contributed by atoms with Crippen molar-refractivity contribution in [2.45, 2.75) is 26.1 Å². The summed E-state index contributed by atoms with van der Waals surface area (Å²) in [7, 11) is 0. The summed E-state index contributed by atoms with van der Waals surface area (Å²) in [5.41, 5.74) is 4.37. The number of aryl methyl sites for hydroxylation is 1. The predicted molar refractivity (Wildman–Crippen MR) is 54.9 cm³/mol. The lowest BCUT2D eigenvalue weighted by molar-refractivity contribution is 0.466. The van der Waals surface area contributed by atoms with E-state index in [0.717, 1.165) is 16.5 Å². The Morgan fingerprint density at radius 3 is 2.33 bits per heavy atom. The lowest BCUT2D eigenvalue weighted by Gasteiger charge is -2.10. The van der Waals surface area contributed by atoms with Crippen LogP contribution < -0.4 is 0 Å². The number of hydrogen-bond acceptors (Lipinski definition) is 1. The van der Waals surface area contributed by atoms with Crippen LogP contribution in [-0.2, 0) is 5.33 Å². The zero-order chi connectivity index (χ0) is 9.30. The van der Waals surface area contributed by atoms with Gasteiger partial charge in [-0.3, -0.25) is 0 Å². The Morgan fingerprint density at radius 2 is 1.83 bits per heavy atom. The molecule has 1 rings (SSSR count). The summed E-state index contributed by atoms with van der Waals surface area (Å²) in [6.07, 6.45) is 0. The number of hydrogen-bond donors (Lipinski definition) is 1. The Labute approximate surface area is 81.6 Å². The molecular formula is C10H13BrO. The molecule has 0 saturated heterocycles. The Balaban J connectivity index is 3.39. The fourth-order valence-corrected chi connectivity index (χ4v) is 1.87. The average Bonchev–Trinajstić information content (AvgIpc) is 2.08. The van der Waals surface area contributed by atoms with Crippen molar-refractivity contribution in [3.8, 4) is 5.75 Å². The first-order valence-electron chi connectivity index (χ1n) is 3.92. The third kappa shape index (κ3) is 1.48. The van der Waals surface area contributed by atoms with Crippen molar-refractivity contribution >= 4 is 15.9 Å². The molecule has 0 bridgehead atoms. The first-order valence-corrected chi connectivity index (χ1v) is 5.04. The molecule has 0 aliphatic rings. The summed E-state index contributed by atoms with van der Waals surface area (Å²) in [5.74, 6) is 0.428. The first-order chi connectivity index (χ1) is 5.57. The Morgan fingerprint density at radius 1 is 1.25 bits per heavy atom. The van der Waals surface area contributed by atoms with Crippen molar-refractivity contribution in [1.82, 2.24) is 0 Å². The molecule has 1 nitrogen and oxygen atoms in total. The van der Waals surface area contributed by atoms with Gasteiger partial charge in [0, 0.05) is 5.33 Å². The SMILES string of the molecule is Cc1cc(CBr)c(C)c(C)c1O. The van der Waals surface area contributed by atoms with Gasteiger partial charge in [-0.25, -0.2) is 0 Å². The van der Waals surface area contributed by atoms with Crippen molar-refractivity contribution in [3.63, 3.8) is 0 Å². The van der Waals surface area contributed by atoms with Crippen LogP contribution in [0.5, 0.6) is 5.75 Å². The number of rotatable bonds is 1. The average molecular weight is 229 g/mol. The standard InChI is InChI=1S/C10H13BrO/c1-6-4-9(5-11)7(2)8(3)10(6)12/h4,12H,5H2,1-3H3. The van der Waals surface area contributed by atoms with E-state index in [0.29, 0.717) is 5.75 Å². The summed E-state index contributed by atoms with van der Waals surface area (Å²) in [4.78, 5) is 0. The van der Waals surface area contributed by atoms with Crippen LogP contribution in [-0.4, -0.2) is 5.11 Å². The fraction of sp³-hybridized carbons (Fsp3) is 0.400. The second-order valence-electron chi connectivity index (χ2n) is 3.08. The molecule has 0 aromatic heterocycles. The van der Waals surface area contributed by atoms with Gasteiger partial charge in [0.05, 0.1) is 0 Å². The number of halogens is 1. The number of alkyl halides is 1. The first kappa shape index (κ1) is 9.59. The lowest BCUT2D eigenvalue weighted by atomic mass is 10.00. The van der Waals surface area contributed by atoms with Gasteiger partial charge in [-0.05, 0) is 43.0 Å². The maximum atomic E-state index is 9.59. The van der Waals surface area contributed by atoms with Crippen LogP contribution >= 0.6 is 15.9 Å². The van der Waals surface area contributed by atoms with Gasteiger partial charge in [-0.15, -0.1) is 0 Å². The van der Waals surface area contributed by atoms with Crippen molar-refractivity contribution in [1.29, 1.82) is 0 Å². The Hall–Kier alpha value is -0.500. The van der Waals surface area contributed by atoms with Crippen LogP contribution in [0.25, 0.3) is 0 Å². The third-order valence-electron chi connectivity index (χ3n) is 2.31. The van der Waals surface area contributed by atoms with Gasteiger partial charge in [0.2, 0.25) is 0 Å². The highest BCUT2D eigenvalue weighted by Gasteiger charge is 2.07. The summed E-state index contributed by atoms with van der Waals surface area (Å²) in [6.45, 7) is 5.91. The summed E-state index contributed by atoms with van der Waals surface area (Å²) < 4.78 is 0. The van der Waals surface area contributed by atoms with Gasteiger partial charge < -0.3 is 5.11 Å². The zero-order valence-electron chi connectivity index (χ0n) is 7.61. The van der Waals surface area contributed by atoms with E-state index in [9.17, 15) is 5.11 Å². The molecule has 0 aliphatic carbocycles.